The molecule has 1 heterocycles. The monoisotopic (exact) mass is 320 g/mol. The van der Waals surface area contributed by atoms with Crippen LogP contribution in [0.5, 0.6) is 0 Å². The Bertz CT molecular complexity index is 638. The molecular weight excluding hydrogens is 301 g/mol. The second-order valence-corrected chi connectivity index (χ2v) is 6.05. The lowest BCUT2D eigenvalue weighted by atomic mass is 9.88. The van der Waals surface area contributed by atoms with Crippen molar-refractivity contribution >= 4 is 5.69 Å². The molecule has 0 saturated carbocycles. The number of rotatable bonds is 2. The maximum absolute atomic E-state index is 12.7. The van der Waals surface area contributed by atoms with Crippen molar-refractivity contribution in [3.8, 4) is 0 Å². The molecule has 1 aliphatic rings. The maximum Gasteiger partial charge on any atom is 0.416 e. The van der Waals surface area contributed by atoms with Crippen LogP contribution < -0.4 is 10.6 Å². The minimum Gasteiger partial charge on any atom is -0.369 e. The van der Waals surface area contributed by atoms with Crippen molar-refractivity contribution < 1.29 is 13.2 Å². The van der Waals surface area contributed by atoms with Crippen molar-refractivity contribution in [2.45, 2.75) is 24.6 Å². The number of halogens is 3. The summed E-state index contributed by atoms with van der Waals surface area (Å²) in [6.45, 7) is 1.43. The van der Waals surface area contributed by atoms with Crippen molar-refractivity contribution in [2.24, 2.45) is 5.73 Å². The van der Waals surface area contributed by atoms with E-state index in [1.54, 1.807) is 0 Å². The summed E-state index contributed by atoms with van der Waals surface area (Å²) in [6, 6.07) is 15.5. The van der Waals surface area contributed by atoms with E-state index in [1.165, 1.54) is 17.7 Å². The average Bonchev–Trinajstić information content (AvgIpc) is 2.54. The van der Waals surface area contributed by atoms with Gasteiger partial charge in [-0.1, -0.05) is 30.3 Å². The molecule has 0 aliphatic carbocycles. The topological polar surface area (TPSA) is 29.3 Å². The Morgan fingerprint density at radius 3 is 2.17 bits per heavy atom. The van der Waals surface area contributed by atoms with Crippen LogP contribution >= 0.6 is 0 Å². The molecule has 0 radical (unpaired) electrons. The highest BCUT2D eigenvalue weighted by Gasteiger charge is 2.31. The predicted molar refractivity (Wildman–Crippen MR) is 85.4 cm³/mol. The zero-order valence-electron chi connectivity index (χ0n) is 12.6. The SMILES string of the molecule is NC1CC(c2ccccc2)CN(c2ccc(C(F)(F)F)cc2)C1. The van der Waals surface area contributed by atoms with Crippen LogP contribution in [0.1, 0.15) is 23.5 Å². The number of anilines is 1. The second kappa shape index (κ2) is 6.24. The van der Waals surface area contributed by atoms with Crippen LogP contribution in [-0.4, -0.2) is 19.1 Å². The number of nitrogens with two attached hydrogens (primary N) is 1. The third-order valence-corrected chi connectivity index (χ3v) is 4.31. The molecular formula is C18H19F3N2. The van der Waals surface area contributed by atoms with Gasteiger partial charge in [0.15, 0.2) is 0 Å². The van der Waals surface area contributed by atoms with Gasteiger partial charge in [0.25, 0.3) is 0 Å². The van der Waals surface area contributed by atoms with E-state index >= 15 is 0 Å². The highest BCUT2D eigenvalue weighted by molar-refractivity contribution is 5.49. The Kier molecular flexibility index (Phi) is 4.31. The lowest BCUT2D eigenvalue weighted by molar-refractivity contribution is -0.137. The Morgan fingerprint density at radius 2 is 1.57 bits per heavy atom. The molecule has 0 bridgehead atoms. The van der Waals surface area contributed by atoms with Gasteiger partial charge in [-0.05, 0) is 36.2 Å². The Hall–Kier alpha value is -2.01. The second-order valence-electron chi connectivity index (χ2n) is 6.05. The molecule has 2 unspecified atom stereocenters. The first-order valence-corrected chi connectivity index (χ1v) is 7.66. The van der Waals surface area contributed by atoms with Gasteiger partial charge >= 0.3 is 6.18 Å². The minimum atomic E-state index is -4.30. The molecule has 3 rings (SSSR count). The molecule has 1 saturated heterocycles. The van der Waals surface area contributed by atoms with Crippen LogP contribution in [0.2, 0.25) is 0 Å². The predicted octanol–water partition coefficient (Wildman–Crippen LogP) is 4.03. The summed E-state index contributed by atoms with van der Waals surface area (Å²) in [6.07, 6.45) is -3.41. The van der Waals surface area contributed by atoms with Crippen LogP contribution in [-0.2, 0) is 6.18 Å². The van der Waals surface area contributed by atoms with Gasteiger partial charge in [-0.2, -0.15) is 13.2 Å². The minimum absolute atomic E-state index is 0.0104. The first-order chi connectivity index (χ1) is 10.9. The molecule has 0 aromatic heterocycles. The van der Waals surface area contributed by atoms with E-state index < -0.39 is 11.7 Å². The van der Waals surface area contributed by atoms with Crippen molar-refractivity contribution in [1.29, 1.82) is 0 Å². The van der Waals surface area contributed by atoms with Crippen LogP contribution in [0, 0.1) is 0 Å². The van der Waals surface area contributed by atoms with E-state index in [0.717, 1.165) is 30.8 Å². The first-order valence-electron chi connectivity index (χ1n) is 7.66. The molecule has 23 heavy (non-hydrogen) atoms. The number of hydrogen-bond acceptors (Lipinski definition) is 2. The lowest BCUT2D eigenvalue weighted by Gasteiger charge is -2.38. The molecule has 1 fully saturated rings. The molecule has 5 heteroatoms. The highest BCUT2D eigenvalue weighted by Crippen LogP contribution is 2.33. The van der Waals surface area contributed by atoms with Gasteiger partial charge in [-0.3, -0.25) is 0 Å². The molecule has 2 atom stereocenters. The fourth-order valence-electron chi connectivity index (χ4n) is 3.18. The van der Waals surface area contributed by atoms with Gasteiger partial charge < -0.3 is 10.6 Å². The summed E-state index contributed by atoms with van der Waals surface area (Å²) in [5.74, 6) is 0.294. The summed E-state index contributed by atoms with van der Waals surface area (Å²) in [5, 5.41) is 0. The van der Waals surface area contributed by atoms with Gasteiger partial charge in [-0.25, -0.2) is 0 Å². The molecule has 2 aromatic carbocycles. The molecule has 2 aromatic rings. The number of alkyl halides is 3. The van der Waals surface area contributed by atoms with Gasteiger partial charge in [0.05, 0.1) is 5.56 Å². The maximum atomic E-state index is 12.7. The third-order valence-electron chi connectivity index (χ3n) is 4.31. The van der Waals surface area contributed by atoms with Gasteiger partial charge in [-0.15, -0.1) is 0 Å². The van der Waals surface area contributed by atoms with Crippen LogP contribution in [0.3, 0.4) is 0 Å². The van der Waals surface area contributed by atoms with Gasteiger partial charge in [0.1, 0.15) is 0 Å². The fourth-order valence-corrected chi connectivity index (χ4v) is 3.18. The quantitative estimate of drug-likeness (QED) is 0.905. The van der Waals surface area contributed by atoms with E-state index in [2.05, 4.69) is 17.0 Å². The number of benzene rings is 2. The number of hydrogen-bond donors (Lipinski definition) is 1. The van der Waals surface area contributed by atoms with Gasteiger partial charge in [0.2, 0.25) is 0 Å². The Morgan fingerprint density at radius 1 is 0.913 bits per heavy atom. The molecule has 0 amide bonds. The molecule has 2 N–H and O–H groups in total. The smallest absolute Gasteiger partial charge is 0.369 e. The fraction of sp³-hybridized carbons (Fsp3) is 0.333. The normalized spacial score (nSPS) is 22.2. The third kappa shape index (κ3) is 3.67. The van der Waals surface area contributed by atoms with Crippen LogP contribution in [0.15, 0.2) is 54.6 Å². The van der Waals surface area contributed by atoms with E-state index in [4.69, 9.17) is 5.73 Å². The van der Waals surface area contributed by atoms with E-state index in [-0.39, 0.29) is 6.04 Å². The number of nitrogens with zero attached hydrogens (tertiary/aromatic N) is 1. The van der Waals surface area contributed by atoms with Crippen molar-refractivity contribution in [3.05, 3.63) is 65.7 Å². The van der Waals surface area contributed by atoms with E-state index in [0.29, 0.717) is 12.5 Å². The standard InChI is InChI=1S/C18H19F3N2/c19-18(20,21)15-6-8-17(9-7-15)23-11-14(10-16(22)12-23)13-4-2-1-3-5-13/h1-9,14,16H,10-12,22H2. The van der Waals surface area contributed by atoms with E-state index in [1.807, 2.05) is 18.2 Å². The molecule has 1 aliphatic heterocycles. The summed E-state index contributed by atoms with van der Waals surface area (Å²) < 4.78 is 38.0. The Balaban J connectivity index is 1.79. The average molecular weight is 320 g/mol. The van der Waals surface area contributed by atoms with Crippen molar-refractivity contribution in [2.75, 3.05) is 18.0 Å². The zero-order valence-corrected chi connectivity index (χ0v) is 12.6. The summed E-state index contributed by atoms with van der Waals surface area (Å²) in [5.41, 5.74) is 7.55. The largest absolute Gasteiger partial charge is 0.416 e. The number of piperidine rings is 1. The molecule has 122 valence electrons. The van der Waals surface area contributed by atoms with E-state index in [9.17, 15) is 13.2 Å². The summed E-state index contributed by atoms with van der Waals surface area (Å²) >= 11 is 0. The zero-order chi connectivity index (χ0) is 16.4. The summed E-state index contributed by atoms with van der Waals surface area (Å²) in [7, 11) is 0. The van der Waals surface area contributed by atoms with Crippen molar-refractivity contribution in [3.63, 3.8) is 0 Å². The molecule has 2 nitrogen and oxygen atoms in total. The first kappa shape index (κ1) is 15.9. The Labute approximate surface area is 133 Å². The molecule has 0 spiro atoms. The summed E-state index contributed by atoms with van der Waals surface area (Å²) in [4.78, 5) is 2.08. The van der Waals surface area contributed by atoms with Crippen LogP contribution in [0.4, 0.5) is 18.9 Å². The van der Waals surface area contributed by atoms with Gasteiger partial charge in [0, 0.05) is 30.7 Å². The van der Waals surface area contributed by atoms with Crippen LogP contribution in [0.25, 0.3) is 0 Å². The van der Waals surface area contributed by atoms with Crippen molar-refractivity contribution in [1.82, 2.24) is 0 Å². The highest BCUT2D eigenvalue weighted by atomic mass is 19.4. The lowest BCUT2D eigenvalue weighted by Crippen LogP contribution is -2.46.